The van der Waals surface area contributed by atoms with Crippen molar-refractivity contribution in [3.63, 3.8) is 0 Å². The van der Waals surface area contributed by atoms with Crippen molar-refractivity contribution in [1.82, 2.24) is 0 Å². The van der Waals surface area contributed by atoms with Crippen LogP contribution < -0.4 is 4.90 Å². The first kappa shape index (κ1) is 15.0. The summed E-state index contributed by atoms with van der Waals surface area (Å²) in [5.74, 6) is -0.0536. The third-order valence-electron chi connectivity index (χ3n) is 3.39. The molecule has 1 aliphatic heterocycles. The van der Waals surface area contributed by atoms with E-state index in [0.29, 0.717) is 9.23 Å². The monoisotopic (exact) mass is 325 g/mol. The van der Waals surface area contributed by atoms with Crippen molar-refractivity contribution in [2.75, 3.05) is 4.90 Å². The molecule has 1 heterocycles. The van der Waals surface area contributed by atoms with Crippen LogP contribution >= 0.6 is 24.0 Å². The minimum atomic E-state index is -0.0536. The Kier molecular flexibility index (Phi) is 4.14. The third kappa shape index (κ3) is 2.98. The highest BCUT2D eigenvalue weighted by Crippen LogP contribution is 2.36. The number of amides is 1. The van der Waals surface area contributed by atoms with Crippen LogP contribution in [0.4, 0.5) is 5.69 Å². The number of carbonyl (C=O) groups excluding carboxylic acids is 1. The summed E-state index contributed by atoms with van der Waals surface area (Å²) in [4.78, 5) is 14.9. The highest BCUT2D eigenvalue weighted by atomic mass is 32.2. The Balaban J connectivity index is 1.95. The number of thiocarbonyl (C=S) groups is 1. The van der Waals surface area contributed by atoms with Crippen molar-refractivity contribution < 1.29 is 4.79 Å². The van der Waals surface area contributed by atoms with Gasteiger partial charge in [0.15, 0.2) is 4.32 Å². The molecule has 1 aliphatic rings. The molecular weight excluding hydrogens is 310 g/mol. The van der Waals surface area contributed by atoms with Gasteiger partial charge in [0.1, 0.15) is 0 Å². The Labute approximate surface area is 139 Å². The molecule has 1 amide bonds. The van der Waals surface area contributed by atoms with Gasteiger partial charge in [-0.2, -0.15) is 0 Å². The number of anilines is 1. The van der Waals surface area contributed by atoms with Crippen molar-refractivity contribution in [2.45, 2.75) is 13.8 Å². The van der Waals surface area contributed by atoms with Crippen LogP contribution in [-0.2, 0) is 4.79 Å². The van der Waals surface area contributed by atoms with Gasteiger partial charge in [-0.05, 0) is 43.2 Å². The highest BCUT2D eigenvalue weighted by molar-refractivity contribution is 8.27. The average Bonchev–Trinajstić information content (AvgIpc) is 2.73. The zero-order chi connectivity index (χ0) is 15.7. The van der Waals surface area contributed by atoms with Gasteiger partial charge in [-0.25, -0.2) is 0 Å². The molecule has 22 heavy (non-hydrogen) atoms. The Bertz CT molecular complexity index is 795. The Morgan fingerprint density at radius 3 is 2.41 bits per heavy atom. The Morgan fingerprint density at radius 2 is 1.73 bits per heavy atom. The molecule has 0 unspecified atom stereocenters. The van der Waals surface area contributed by atoms with Gasteiger partial charge in [0, 0.05) is 0 Å². The quantitative estimate of drug-likeness (QED) is 0.589. The number of thioether (sulfide) groups is 1. The van der Waals surface area contributed by atoms with Gasteiger partial charge in [-0.15, -0.1) is 0 Å². The molecule has 2 aromatic carbocycles. The van der Waals surface area contributed by atoms with Crippen molar-refractivity contribution in [3.8, 4) is 0 Å². The van der Waals surface area contributed by atoms with E-state index >= 15 is 0 Å². The van der Waals surface area contributed by atoms with Crippen LogP contribution in [0, 0.1) is 13.8 Å². The van der Waals surface area contributed by atoms with Crippen molar-refractivity contribution >= 4 is 46.0 Å². The lowest BCUT2D eigenvalue weighted by molar-refractivity contribution is -0.113. The molecule has 0 bridgehead atoms. The second-order valence-corrected chi connectivity index (χ2v) is 6.95. The fourth-order valence-corrected chi connectivity index (χ4v) is 3.67. The summed E-state index contributed by atoms with van der Waals surface area (Å²) in [6, 6.07) is 15.9. The van der Waals surface area contributed by atoms with E-state index < -0.39 is 0 Å². The Hall–Kier alpha value is -1.91. The lowest BCUT2D eigenvalue weighted by Crippen LogP contribution is -2.27. The van der Waals surface area contributed by atoms with Gasteiger partial charge in [0.2, 0.25) is 0 Å². The highest BCUT2D eigenvalue weighted by Gasteiger charge is 2.33. The molecule has 1 fully saturated rings. The maximum Gasteiger partial charge on any atom is 0.270 e. The predicted octanol–water partition coefficient (Wildman–Crippen LogP) is 4.71. The molecule has 0 aromatic heterocycles. The van der Waals surface area contributed by atoms with E-state index in [1.165, 1.54) is 17.3 Å². The summed E-state index contributed by atoms with van der Waals surface area (Å²) >= 11 is 6.74. The molecule has 2 nitrogen and oxygen atoms in total. The van der Waals surface area contributed by atoms with E-state index in [-0.39, 0.29) is 5.91 Å². The van der Waals surface area contributed by atoms with Crippen molar-refractivity contribution in [1.29, 1.82) is 0 Å². The number of hydrogen-bond acceptors (Lipinski definition) is 3. The van der Waals surface area contributed by atoms with Gasteiger partial charge < -0.3 is 0 Å². The fourth-order valence-electron chi connectivity index (χ4n) is 2.37. The minimum absolute atomic E-state index is 0.0536. The molecular formula is C18H15NOS2. The molecule has 1 saturated heterocycles. The maximum absolute atomic E-state index is 12.7. The first-order valence-corrected chi connectivity index (χ1v) is 8.18. The third-order valence-corrected chi connectivity index (χ3v) is 4.70. The smallest absolute Gasteiger partial charge is 0.268 e. The minimum Gasteiger partial charge on any atom is -0.268 e. The molecule has 4 heteroatoms. The Morgan fingerprint density at radius 1 is 1.05 bits per heavy atom. The average molecular weight is 325 g/mol. The van der Waals surface area contributed by atoms with Crippen LogP contribution in [0.15, 0.2) is 53.4 Å². The van der Waals surface area contributed by atoms with Crippen LogP contribution in [0.3, 0.4) is 0 Å². The van der Waals surface area contributed by atoms with E-state index in [4.69, 9.17) is 12.2 Å². The lowest BCUT2D eigenvalue weighted by atomic mass is 10.1. The predicted molar refractivity (Wildman–Crippen MR) is 98.0 cm³/mol. The molecule has 0 radical (unpaired) electrons. The molecule has 0 saturated carbocycles. The van der Waals surface area contributed by atoms with Crippen molar-refractivity contribution in [2.24, 2.45) is 0 Å². The zero-order valence-corrected chi connectivity index (χ0v) is 14.0. The van der Waals surface area contributed by atoms with Gasteiger partial charge in [-0.3, -0.25) is 9.69 Å². The SMILES string of the molecule is Cc1cccc(/C=C2\SC(=S)N(c3cccc(C)c3)C2=O)c1. The molecule has 110 valence electrons. The topological polar surface area (TPSA) is 20.3 Å². The largest absolute Gasteiger partial charge is 0.270 e. The molecule has 0 spiro atoms. The van der Waals surface area contributed by atoms with Crippen LogP contribution in [0.2, 0.25) is 0 Å². The van der Waals surface area contributed by atoms with Crippen LogP contribution in [0.1, 0.15) is 16.7 Å². The first-order chi connectivity index (χ1) is 10.5. The van der Waals surface area contributed by atoms with E-state index in [2.05, 4.69) is 6.07 Å². The maximum atomic E-state index is 12.7. The first-order valence-electron chi connectivity index (χ1n) is 6.96. The molecule has 0 N–H and O–H groups in total. The van der Waals surface area contributed by atoms with E-state index in [9.17, 15) is 4.79 Å². The summed E-state index contributed by atoms with van der Waals surface area (Å²) in [7, 11) is 0. The van der Waals surface area contributed by atoms with E-state index in [0.717, 1.165) is 16.8 Å². The summed E-state index contributed by atoms with van der Waals surface area (Å²) in [5.41, 5.74) is 4.12. The van der Waals surface area contributed by atoms with Crippen LogP contribution in [0.25, 0.3) is 6.08 Å². The molecule has 0 aliphatic carbocycles. The fraction of sp³-hybridized carbons (Fsp3) is 0.111. The van der Waals surface area contributed by atoms with E-state index in [1.807, 2.05) is 62.4 Å². The van der Waals surface area contributed by atoms with Gasteiger partial charge in [-0.1, -0.05) is 65.9 Å². The number of carbonyl (C=O) groups is 1. The summed E-state index contributed by atoms with van der Waals surface area (Å²) < 4.78 is 0.578. The normalized spacial score (nSPS) is 16.6. The number of benzene rings is 2. The number of aryl methyl sites for hydroxylation is 2. The zero-order valence-electron chi connectivity index (χ0n) is 12.4. The van der Waals surface area contributed by atoms with Gasteiger partial charge in [0.05, 0.1) is 10.6 Å². The standard InChI is InChI=1S/C18H15NOS2/c1-12-5-3-7-14(9-12)11-16-17(20)19(18(21)22-16)15-8-4-6-13(2)10-15/h3-11H,1-2H3/b16-11-. The van der Waals surface area contributed by atoms with Crippen LogP contribution in [0.5, 0.6) is 0 Å². The number of hydrogen-bond donors (Lipinski definition) is 0. The summed E-state index contributed by atoms with van der Waals surface area (Å²) in [6.07, 6.45) is 1.90. The number of nitrogens with zero attached hydrogens (tertiary/aromatic N) is 1. The van der Waals surface area contributed by atoms with E-state index in [1.54, 1.807) is 4.90 Å². The second kappa shape index (κ2) is 6.07. The summed E-state index contributed by atoms with van der Waals surface area (Å²) in [6.45, 7) is 4.04. The molecule has 3 rings (SSSR count). The number of rotatable bonds is 2. The molecule has 2 aromatic rings. The van der Waals surface area contributed by atoms with Crippen LogP contribution in [-0.4, -0.2) is 10.2 Å². The lowest BCUT2D eigenvalue weighted by Gasteiger charge is -2.14. The van der Waals surface area contributed by atoms with Gasteiger partial charge in [0.25, 0.3) is 5.91 Å². The molecule has 0 atom stereocenters. The second-order valence-electron chi connectivity index (χ2n) is 5.27. The summed E-state index contributed by atoms with van der Waals surface area (Å²) in [5, 5.41) is 0. The van der Waals surface area contributed by atoms with Crippen molar-refractivity contribution in [3.05, 3.63) is 70.1 Å². The van der Waals surface area contributed by atoms with Gasteiger partial charge >= 0.3 is 0 Å².